The van der Waals surface area contributed by atoms with Crippen LogP contribution >= 0.6 is 23.7 Å². The van der Waals surface area contributed by atoms with E-state index in [9.17, 15) is 9.59 Å². The van der Waals surface area contributed by atoms with Gasteiger partial charge in [0.1, 0.15) is 0 Å². The van der Waals surface area contributed by atoms with Gasteiger partial charge in [-0.25, -0.2) is 4.79 Å². The molecule has 1 rings (SSSR count). The minimum Gasteiger partial charge on any atom is -0.480 e. The predicted octanol–water partition coefficient (Wildman–Crippen LogP) is 1.54. The van der Waals surface area contributed by atoms with Crippen LogP contribution < -0.4 is 5.73 Å². The second-order valence-corrected chi connectivity index (χ2v) is 3.88. The molecule has 0 spiro atoms. The van der Waals surface area contributed by atoms with E-state index in [1.54, 1.807) is 24.4 Å². The van der Waals surface area contributed by atoms with Gasteiger partial charge < -0.3 is 10.8 Å². The number of ketones is 1. The standard InChI is InChI=1S/C9H11NO3S.ClH/c1-2-9(10,8(12)13)7(11)6-4-3-5-14-6;/h3-5H,2,10H2,1H3,(H,12,13);1H. The molecular weight excluding hydrogens is 238 g/mol. The van der Waals surface area contributed by atoms with Gasteiger partial charge in [0.2, 0.25) is 5.78 Å². The average Bonchev–Trinajstić information content (AvgIpc) is 2.67. The van der Waals surface area contributed by atoms with Gasteiger partial charge in [-0.2, -0.15) is 0 Å². The number of aliphatic carboxylic acids is 1. The summed E-state index contributed by atoms with van der Waals surface area (Å²) in [6.07, 6.45) is 0.0824. The number of rotatable bonds is 4. The molecule has 0 fully saturated rings. The zero-order valence-electron chi connectivity index (χ0n) is 8.10. The highest BCUT2D eigenvalue weighted by Crippen LogP contribution is 2.19. The maximum Gasteiger partial charge on any atom is 0.331 e. The molecule has 6 heteroatoms. The minimum absolute atomic E-state index is 0. The van der Waals surface area contributed by atoms with Crippen LogP contribution in [0, 0.1) is 0 Å². The van der Waals surface area contributed by atoms with Crippen LogP contribution in [0.15, 0.2) is 17.5 Å². The van der Waals surface area contributed by atoms with Gasteiger partial charge in [-0.3, -0.25) is 4.79 Å². The summed E-state index contributed by atoms with van der Waals surface area (Å²) in [4.78, 5) is 22.9. The first-order valence-electron chi connectivity index (χ1n) is 4.13. The molecule has 1 atom stereocenters. The number of carboxylic acid groups (broad SMARTS) is 1. The van der Waals surface area contributed by atoms with E-state index < -0.39 is 17.3 Å². The number of Topliss-reactive ketones (excluding diaryl/α,β-unsaturated/α-hetero) is 1. The Hall–Kier alpha value is -0.910. The molecule has 1 aromatic heterocycles. The molecule has 15 heavy (non-hydrogen) atoms. The van der Waals surface area contributed by atoms with Crippen LogP contribution in [-0.2, 0) is 4.79 Å². The van der Waals surface area contributed by atoms with Gasteiger partial charge in [0.05, 0.1) is 4.88 Å². The second kappa shape index (κ2) is 5.25. The summed E-state index contributed by atoms with van der Waals surface area (Å²) >= 11 is 1.20. The third-order valence-electron chi connectivity index (χ3n) is 2.09. The largest absolute Gasteiger partial charge is 0.480 e. The van der Waals surface area contributed by atoms with Crippen molar-refractivity contribution in [3.63, 3.8) is 0 Å². The fraction of sp³-hybridized carbons (Fsp3) is 0.333. The molecule has 0 bridgehead atoms. The van der Waals surface area contributed by atoms with E-state index in [0.29, 0.717) is 4.88 Å². The van der Waals surface area contributed by atoms with Crippen molar-refractivity contribution in [1.82, 2.24) is 0 Å². The maximum atomic E-state index is 11.7. The summed E-state index contributed by atoms with van der Waals surface area (Å²) in [6, 6.07) is 3.27. The highest BCUT2D eigenvalue weighted by Gasteiger charge is 2.41. The molecule has 0 saturated heterocycles. The Bertz CT molecular complexity index is 352. The summed E-state index contributed by atoms with van der Waals surface area (Å²) in [5.74, 6) is -1.80. The predicted molar refractivity (Wildman–Crippen MR) is 60.7 cm³/mol. The van der Waals surface area contributed by atoms with Crippen LogP contribution in [0.3, 0.4) is 0 Å². The smallest absolute Gasteiger partial charge is 0.331 e. The molecule has 1 aromatic rings. The van der Waals surface area contributed by atoms with Crippen LogP contribution in [0.4, 0.5) is 0 Å². The normalized spacial score (nSPS) is 13.7. The van der Waals surface area contributed by atoms with Gasteiger partial charge in [0.15, 0.2) is 5.54 Å². The quantitative estimate of drug-likeness (QED) is 0.627. The molecule has 4 nitrogen and oxygen atoms in total. The van der Waals surface area contributed by atoms with Gasteiger partial charge in [-0.05, 0) is 17.9 Å². The second-order valence-electron chi connectivity index (χ2n) is 2.94. The SMILES string of the molecule is CCC(N)(C(=O)O)C(=O)c1cccs1.Cl. The average molecular weight is 250 g/mol. The zero-order valence-corrected chi connectivity index (χ0v) is 9.73. The molecule has 84 valence electrons. The van der Waals surface area contributed by atoms with E-state index in [1.165, 1.54) is 11.3 Å². The van der Waals surface area contributed by atoms with Crippen molar-refractivity contribution in [2.75, 3.05) is 0 Å². The van der Waals surface area contributed by atoms with Gasteiger partial charge in [-0.15, -0.1) is 23.7 Å². The number of hydrogen-bond acceptors (Lipinski definition) is 4. The highest BCUT2D eigenvalue weighted by atomic mass is 35.5. The molecule has 0 aliphatic rings. The van der Waals surface area contributed by atoms with E-state index in [4.69, 9.17) is 10.8 Å². The first-order chi connectivity index (χ1) is 6.52. The van der Waals surface area contributed by atoms with Gasteiger partial charge in [-0.1, -0.05) is 13.0 Å². The molecule has 1 heterocycles. The molecule has 0 aliphatic carbocycles. The molecule has 0 amide bonds. The molecule has 0 saturated carbocycles. The number of halogens is 1. The highest BCUT2D eigenvalue weighted by molar-refractivity contribution is 7.12. The fourth-order valence-corrected chi connectivity index (χ4v) is 1.79. The van der Waals surface area contributed by atoms with E-state index >= 15 is 0 Å². The third kappa shape index (κ3) is 2.56. The van der Waals surface area contributed by atoms with Crippen LogP contribution in [0.25, 0.3) is 0 Å². The lowest BCUT2D eigenvalue weighted by atomic mass is 9.91. The van der Waals surface area contributed by atoms with E-state index in [-0.39, 0.29) is 18.8 Å². The van der Waals surface area contributed by atoms with Crippen molar-refractivity contribution in [3.05, 3.63) is 22.4 Å². The Kier molecular flexibility index (Phi) is 4.93. The van der Waals surface area contributed by atoms with Gasteiger partial charge >= 0.3 is 5.97 Å². The monoisotopic (exact) mass is 249 g/mol. The van der Waals surface area contributed by atoms with Crippen molar-refractivity contribution >= 4 is 35.5 Å². The molecule has 0 radical (unpaired) electrons. The lowest BCUT2D eigenvalue weighted by Crippen LogP contribution is -2.54. The molecular formula is C9H12ClNO3S. The molecule has 0 aliphatic heterocycles. The van der Waals surface area contributed by atoms with Crippen molar-refractivity contribution < 1.29 is 14.7 Å². The summed E-state index contributed by atoms with van der Waals surface area (Å²) in [7, 11) is 0. The van der Waals surface area contributed by atoms with Gasteiger partial charge in [0, 0.05) is 0 Å². The third-order valence-corrected chi connectivity index (χ3v) is 2.96. The zero-order chi connectivity index (χ0) is 10.8. The Labute approximate surface area is 97.5 Å². The minimum atomic E-state index is -1.79. The van der Waals surface area contributed by atoms with Crippen LogP contribution in [0.5, 0.6) is 0 Å². The molecule has 3 N–H and O–H groups in total. The summed E-state index contributed by atoms with van der Waals surface area (Å²) < 4.78 is 0. The summed E-state index contributed by atoms with van der Waals surface area (Å²) in [5.41, 5.74) is 3.75. The van der Waals surface area contributed by atoms with E-state index in [1.807, 2.05) is 0 Å². The number of carbonyl (C=O) groups excluding carboxylic acids is 1. The maximum absolute atomic E-state index is 11.7. The van der Waals surface area contributed by atoms with E-state index in [0.717, 1.165) is 0 Å². The number of carboxylic acids is 1. The Morgan fingerprint density at radius 2 is 2.20 bits per heavy atom. The fourth-order valence-electron chi connectivity index (χ4n) is 1.04. The van der Waals surface area contributed by atoms with Crippen LogP contribution in [-0.4, -0.2) is 22.4 Å². The summed E-state index contributed by atoms with van der Waals surface area (Å²) in [6.45, 7) is 1.58. The Morgan fingerprint density at radius 3 is 2.53 bits per heavy atom. The van der Waals surface area contributed by atoms with Crippen LogP contribution in [0.2, 0.25) is 0 Å². The topological polar surface area (TPSA) is 80.4 Å². The van der Waals surface area contributed by atoms with Crippen molar-refractivity contribution in [2.45, 2.75) is 18.9 Å². The number of carbonyl (C=O) groups is 2. The Balaban J connectivity index is 0.00000196. The Morgan fingerprint density at radius 1 is 1.60 bits per heavy atom. The molecule has 1 unspecified atom stereocenters. The van der Waals surface area contributed by atoms with Crippen molar-refractivity contribution in [3.8, 4) is 0 Å². The number of hydrogen-bond donors (Lipinski definition) is 2. The first kappa shape index (κ1) is 14.1. The number of thiophene rings is 1. The molecule has 0 aromatic carbocycles. The first-order valence-corrected chi connectivity index (χ1v) is 5.01. The lowest BCUT2D eigenvalue weighted by Gasteiger charge is -2.20. The van der Waals surface area contributed by atoms with Crippen LogP contribution in [0.1, 0.15) is 23.0 Å². The lowest BCUT2D eigenvalue weighted by molar-refractivity contribution is -0.141. The summed E-state index contributed by atoms with van der Waals surface area (Å²) in [5, 5.41) is 10.6. The van der Waals surface area contributed by atoms with E-state index in [2.05, 4.69) is 0 Å². The van der Waals surface area contributed by atoms with Crippen molar-refractivity contribution in [2.24, 2.45) is 5.73 Å². The van der Waals surface area contributed by atoms with Gasteiger partial charge in [0.25, 0.3) is 0 Å². The number of nitrogens with two attached hydrogens (primary N) is 1. The van der Waals surface area contributed by atoms with Crippen molar-refractivity contribution in [1.29, 1.82) is 0 Å².